The van der Waals surface area contributed by atoms with Gasteiger partial charge in [-0.05, 0) is 23.9 Å². The van der Waals surface area contributed by atoms with Gasteiger partial charge >= 0.3 is 0 Å². The van der Waals surface area contributed by atoms with E-state index in [1.54, 1.807) is 10.8 Å². The maximum Gasteiger partial charge on any atom is 0.286 e. The van der Waals surface area contributed by atoms with Crippen LogP contribution in [-0.2, 0) is 10.1 Å². The molecule has 17 heavy (non-hydrogen) atoms. The highest BCUT2D eigenvalue weighted by atomic mass is 32.2. The predicted molar refractivity (Wildman–Crippen MR) is 67.4 cm³/mol. The van der Waals surface area contributed by atoms with Gasteiger partial charge in [0.05, 0.1) is 0 Å². The van der Waals surface area contributed by atoms with Gasteiger partial charge in [0, 0.05) is 11.7 Å². The molecule has 92 valence electrons. The Morgan fingerprint density at radius 3 is 2.65 bits per heavy atom. The average Bonchev–Trinajstić information content (AvgIpc) is 2.68. The lowest BCUT2D eigenvalue weighted by atomic mass is 10.2. The van der Waals surface area contributed by atoms with Crippen LogP contribution in [-0.4, -0.2) is 17.5 Å². The summed E-state index contributed by atoms with van der Waals surface area (Å²) >= 11 is 0. The lowest BCUT2D eigenvalue weighted by molar-refractivity contribution is 0.437. The van der Waals surface area contributed by atoms with Crippen molar-refractivity contribution in [2.75, 3.05) is 0 Å². The summed E-state index contributed by atoms with van der Waals surface area (Å²) in [7, 11) is -4.08. The van der Waals surface area contributed by atoms with Gasteiger partial charge in [0.25, 0.3) is 10.1 Å². The number of fused-ring (bicyclic) bond motifs is 1. The van der Waals surface area contributed by atoms with Crippen molar-refractivity contribution in [1.29, 1.82) is 0 Å². The molecule has 1 aromatic heterocycles. The van der Waals surface area contributed by atoms with E-state index in [1.165, 1.54) is 0 Å². The highest BCUT2D eigenvalue weighted by Gasteiger charge is 2.24. The van der Waals surface area contributed by atoms with Crippen molar-refractivity contribution in [3.05, 3.63) is 36.5 Å². The molecular weight excluding hydrogens is 238 g/mol. The zero-order valence-electron chi connectivity index (χ0n) is 9.57. The third kappa shape index (κ3) is 2.35. The molecule has 0 bridgehead atoms. The lowest BCUT2D eigenvalue weighted by Crippen LogP contribution is -2.18. The van der Waals surface area contributed by atoms with E-state index in [2.05, 4.69) is 0 Å². The Balaban J connectivity index is 2.57. The van der Waals surface area contributed by atoms with E-state index < -0.39 is 15.5 Å². The Kier molecular flexibility index (Phi) is 3.22. The van der Waals surface area contributed by atoms with Crippen LogP contribution in [0, 0.1) is 0 Å². The number of benzene rings is 1. The third-order valence-electron chi connectivity index (χ3n) is 2.82. The minimum atomic E-state index is -4.08. The van der Waals surface area contributed by atoms with Crippen LogP contribution < -0.4 is 0 Å². The van der Waals surface area contributed by atoms with Crippen LogP contribution >= 0.6 is 0 Å². The molecule has 0 fully saturated rings. The second-order valence-corrected chi connectivity index (χ2v) is 5.61. The fraction of sp³-hybridized carbons (Fsp3) is 0.333. The van der Waals surface area contributed by atoms with Crippen molar-refractivity contribution in [3.63, 3.8) is 0 Å². The monoisotopic (exact) mass is 253 g/mol. The van der Waals surface area contributed by atoms with E-state index >= 15 is 0 Å². The molecule has 2 aromatic rings. The van der Waals surface area contributed by atoms with Crippen molar-refractivity contribution in [2.45, 2.75) is 25.1 Å². The normalized spacial score (nSPS) is 14.0. The average molecular weight is 253 g/mol. The maximum absolute atomic E-state index is 11.4. The van der Waals surface area contributed by atoms with Crippen LogP contribution in [0.1, 0.15) is 25.1 Å². The summed E-state index contributed by atoms with van der Waals surface area (Å²) in [6, 6.07) is 9.37. The van der Waals surface area contributed by atoms with Crippen LogP contribution in [0.25, 0.3) is 10.9 Å². The van der Waals surface area contributed by atoms with E-state index in [1.807, 2.05) is 37.3 Å². The van der Waals surface area contributed by atoms with E-state index in [-0.39, 0.29) is 0 Å². The first-order chi connectivity index (χ1) is 8.04. The Bertz CT molecular complexity index is 615. The van der Waals surface area contributed by atoms with E-state index in [0.717, 1.165) is 10.9 Å². The van der Waals surface area contributed by atoms with Gasteiger partial charge in [-0.25, -0.2) is 0 Å². The van der Waals surface area contributed by atoms with Crippen molar-refractivity contribution in [1.82, 2.24) is 4.57 Å². The summed E-state index contributed by atoms with van der Waals surface area (Å²) in [6.07, 6.45) is 2.80. The molecule has 2 rings (SSSR count). The van der Waals surface area contributed by atoms with Gasteiger partial charge in [-0.3, -0.25) is 4.55 Å². The van der Waals surface area contributed by atoms with Crippen LogP contribution in [0.2, 0.25) is 0 Å². The number of rotatable bonds is 4. The Morgan fingerprint density at radius 1 is 1.29 bits per heavy atom. The smallest absolute Gasteiger partial charge is 0.286 e. The highest BCUT2D eigenvalue weighted by Crippen LogP contribution is 2.26. The van der Waals surface area contributed by atoms with Crippen LogP contribution in [0.3, 0.4) is 0 Å². The number of hydrogen-bond donors (Lipinski definition) is 1. The first-order valence-corrected chi connectivity index (χ1v) is 7.06. The molecule has 4 nitrogen and oxygen atoms in total. The molecule has 0 aliphatic heterocycles. The highest BCUT2D eigenvalue weighted by molar-refractivity contribution is 7.85. The number of hydrogen-bond acceptors (Lipinski definition) is 2. The molecule has 0 radical (unpaired) electrons. The quantitative estimate of drug-likeness (QED) is 0.852. The maximum atomic E-state index is 11.4. The second kappa shape index (κ2) is 4.50. The van der Waals surface area contributed by atoms with Crippen molar-refractivity contribution < 1.29 is 13.0 Å². The number of para-hydroxylation sites is 1. The SMILES string of the molecule is CCCC(n1ccc2ccccc21)S(=O)(=O)O. The summed E-state index contributed by atoms with van der Waals surface area (Å²) in [6.45, 7) is 1.89. The van der Waals surface area contributed by atoms with Crippen LogP contribution in [0.4, 0.5) is 0 Å². The molecule has 1 atom stereocenters. The fourth-order valence-corrected chi connectivity index (χ4v) is 3.04. The van der Waals surface area contributed by atoms with Gasteiger partial charge in [-0.1, -0.05) is 31.5 Å². The van der Waals surface area contributed by atoms with E-state index in [9.17, 15) is 13.0 Å². The molecule has 0 saturated carbocycles. The third-order valence-corrected chi connectivity index (χ3v) is 3.97. The van der Waals surface area contributed by atoms with Crippen LogP contribution in [0.5, 0.6) is 0 Å². The van der Waals surface area contributed by atoms with E-state index in [0.29, 0.717) is 12.8 Å². The Labute approximate surface area is 101 Å². The van der Waals surface area contributed by atoms with Crippen molar-refractivity contribution in [2.24, 2.45) is 0 Å². The van der Waals surface area contributed by atoms with Crippen LogP contribution in [0.15, 0.2) is 36.5 Å². The van der Waals surface area contributed by atoms with Gasteiger partial charge in [-0.2, -0.15) is 8.42 Å². The fourth-order valence-electron chi connectivity index (χ4n) is 2.03. The predicted octanol–water partition coefficient (Wildman–Crippen LogP) is 2.83. The first-order valence-electron chi connectivity index (χ1n) is 5.56. The molecule has 0 amide bonds. The summed E-state index contributed by atoms with van der Waals surface area (Å²) in [5.74, 6) is 0. The molecule has 0 saturated heterocycles. The van der Waals surface area contributed by atoms with Gasteiger partial charge in [-0.15, -0.1) is 0 Å². The summed E-state index contributed by atoms with van der Waals surface area (Å²) < 4.78 is 33.7. The molecule has 0 aliphatic rings. The molecule has 1 N–H and O–H groups in total. The largest absolute Gasteiger partial charge is 0.328 e. The topological polar surface area (TPSA) is 59.3 Å². The Morgan fingerprint density at radius 2 is 2.00 bits per heavy atom. The molecule has 1 aromatic carbocycles. The molecular formula is C12H15NO3S. The molecule has 1 unspecified atom stereocenters. The Hall–Kier alpha value is -1.33. The summed E-state index contributed by atoms with van der Waals surface area (Å²) in [4.78, 5) is 0. The molecule has 5 heteroatoms. The first kappa shape index (κ1) is 12.1. The van der Waals surface area contributed by atoms with Crippen molar-refractivity contribution >= 4 is 21.0 Å². The lowest BCUT2D eigenvalue weighted by Gasteiger charge is -2.16. The molecule has 0 spiro atoms. The minimum Gasteiger partial charge on any atom is -0.328 e. The zero-order valence-corrected chi connectivity index (χ0v) is 10.4. The standard InChI is InChI=1S/C12H15NO3S/c1-2-5-12(17(14,15)16)13-9-8-10-6-3-4-7-11(10)13/h3-4,6-9,12H,2,5H2,1H3,(H,14,15,16). The van der Waals surface area contributed by atoms with E-state index in [4.69, 9.17) is 0 Å². The van der Waals surface area contributed by atoms with Crippen molar-refractivity contribution in [3.8, 4) is 0 Å². The zero-order chi connectivity index (χ0) is 12.5. The summed E-state index contributed by atoms with van der Waals surface area (Å²) in [5, 5.41) is 0.0738. The van der Waals surface area contributed by atoms with Gasteiger partial charge in [0.15, 0.2) is 5.37 Å². The molecule has 0 aliphatic carbocycles. The minimum absolute atomic E-state index is 0.400. The summed E-state index contributed by atoms with van der Waals surface area (Å²) in [5.41, 5.74) is 0.823. The van der Waals surface area contributed by atoms with Gasteiger partial charge in [0.1, 0.15) is 0 Å². The van der Waals surface area contributed by atoms with Gasteiger partial charge in [0.2, 0.25) is 0 Å². The van der Waals surface area contributed by atoms with Gasteiger partial charge < -0.3 is 4.57 Å². The second-order valence-electron chi connectivity index (χ2n) is 4.04. The number of aromatic nitrogens is 1. The number of nitrogens with zero attached hydrogens (tertiary/aromatic N) is 1. The molecule has 1 heterocycles.